The second-order valence-corrected chi connectivity index (χ2v) is 5.18. The number of carbonyl (C=O) groups is 1. The normalized spacial score (nSPS) is 31.8. The summed E-state index contributed by atoms with van der Waals surface area (Å²) in [4.78, 5) is 11.3. The first-order chi connectivity index (χ1) is 8.58. The highest BCUT2D eigenvalue weighted by Crippen LogP contribution is 2.43. The van der Waals surface area contributed by atoms with Gasteiger partial charge in [-0.15, -0.1) is 0 Å². The van der Waals surface area contributed by atoms with Crippen LogP contribution in [-0.4, -0.2) is 40.2 Å². The summed E-state index contributed by atoms with van der Waals surface area (Å²) in [7, 11) is 0. The second kappa shape index (κ2) is 5.66. The van der Waals surface area contributed by atoms with Gasteiger partial charge in [-0.2, -0.15) is 13.2 Å². The highest BCUT2D eigenvalue weighted by Gasteiger charge is 2.50. The Bertz CT molecular complexity index is 319. The topological polar surface area (TPSA) is 66.8 Å². The highest BCUT2D eigenvalue weighted by atomic mass is 19.4. The molecule has 0 saturated heterocycles. The van der Waals surface area contributed by atoms with E-state index in [1.54, 1.807) is 0 Å². The van der Waals surface area contributed by atoms with Gasteiger partial charge in [-0.1, -0.05) is 0 Å². The summed E-state index contributed by atoms with van der Waals surface area (Å²) in [5.41, 5.74) is -1.61. The molecule has 0 heterocycles. The number of alkyl halides is 3. The molecule has 0 aromatic heterocycles. The average Bonchev–Trinajstić information content (AvgIpc) is 2.27. The maximum absolute atomic E-state index is 12.6. The number of aliphatic hydroxyl groups excluding tert-OH is 1. The predicted octanol–water partition coefficient (Wildman–Crippen LogP) is 2.35. The number of carboxylic acid groups (broad SMARTS) is 1. The third kappa shape index (κ3) is 3.82. The van der Waals surface area contributed by atoms with Gasteiger partial charge in [-0.05, 0) is 39.5 Å². The fraction of sp³-hybridized carbons (Fsp3) is 0.917. The quantitative estimate of drug-likeness (QED) is 0.831. The van der Waals surface area contributed by atoms with Crippen molar-refractivity contribution in [1.82, 2.24) is 0 Å². The van der Waals surface area contributed by atoms with Crippen molar-refractivity contribution in [2.45, 2.75) is 63.5 Å². The van der Waals surface area contributed by atoms with Gasteiger partial charge >= 0.3 is 12.1 Å². The predicted molar refractivity (Wildman–Crippen MR) is 60.6 cm³/mol. The molecule has 0 aromatic carbocycles. The molecule has 19 heavy (non-hydrogen) atoms. The molecule has 1 aliphatic carbocycles. The minimum atomic E-state index is -4.29. The van der Waals surface area contributed by atoms with Crippen LogP contribution in [0.4, 0.5) is 13.2 Å². The van der Waals surface area contributed by atoms with Gasteiger partial charge in [0.15, 0.2) is 5.60 Å². The molecule has 0 spiro atoms. The molecule has 112 valence electrons. The molecule has 0 amide bonds. The first kappa shape index (κ1) is 16.2. The number of aliphatic carboxylic acids is 1. The molecule has 0 aromatic rings. The Hall–Kier alpha value is -0.820. The van der Waals surface area contributed by atoms with Crippen LogP contribution in [0.25, 0.3) is 0 Å². The summed E-state index contributed by atoms with van der Waals surface area (Å²) in [6, 6.07) is 0. The first-order valence-electron chi connectivity index (χ1n) is 6.24. The number of hydrogen-bond acceptors (Lipinski definition) is 3. The van der Waals surface area contributed by atoms with Gasteiger partial charge in [0, 0.05) is 0 Å². The lowest BCUT2D eigenvalue weighted by Crippen LogP contribution is -2.49. The number of hydrogen-bond donors (Lipinski definition) is 2. The molecule has 0 aliphatic heterocycles. The van der Waals surface area contributed by atoms with Gasteiger partial charge in [0.05, 0.1) is 18.1 Å². The summed E-state index contributed by atoms with van der Waals surface area (Å²) < 4.78 is 43.0. The molecule has 0 radical (unpaired) electrons. The highest BCUT2D eigenvalue weighted by molar-refractivity contribution is 5.77. The van der Waals surface area contributed by atoms with Gasteiger partial charge in [0.1, 0.15) is 0 Å². The molecule has 1 aliphatic rings. The van der Waals surface area contributed by atoms with Crippen LogP contribution in [0.3, 0.4) is 0 Å². The molecule has 1 saturated carbocycles. The zero-order chi connectivity index (χ0) is 14.8. The van der Waals surface area contributed by atoms with E-state index in [-0.39, 0.29) is 25.7 Å². The van der Waals surface area contributed by atoms with Crippen LogP contribution < -0.4 is 0 Å². The molecule has 1 rings (SSSR count). The fourth-order valence-electron chi connectivity index (χ4n) is 2.25. The van der Waals surface area contributed by atoms with Crippen LogP contribution in [0.1, 0.15) is 39.5 Å². The maximum Gasteiger partial charge on any atom is 0.391 e. The van der Waals surface area contributed by atoms with E-state index in [9.17, 15) is 28.2 Å². The Balaban J connectivity index is 2.75. The molecule has 2 unspecified atom stereocenters. The first-order valence-corrected chi connectivity index (χ1v) is 6.24. The summed E-state index contributed by atoms with van der Waals surface area (Å²) in [6.07, 6.45) is -6.81. The van der Waals surface area contributed by atoms with E-state index in [0.717, 1.165) is 0 Å². The zero-order valence-corrected chi connectivity index (χ0v) is 10.9. The SMILES string of the molecule is CC(O)C(C)OC1(C(=O)O)CCC(C(F)(F)F)CC1. The number of rotatable bonds is 4. The summed E-state index contributed by atoms with van der Waals surface area (Å²) >= 11 is 0. The number of ether oxygens (including phenoxy) is 1. The number of aliphatic hydroxyl groups is 1. The third-order valence-corrected chi connectivity index (χ3v) is 3.74. The van der Waals surface area contributed by atoms with Gasteiger partial charge in [0.25, 0.3) is 0 Å². The minimum Gasteiger partial charge on any atom is -0.479 e. The Morgan fingerprint density at radius 1 is 1.32 bits per heavy atom. The Labute approximate surface area is 109 Å². The monoisotopic (exact) mass is 284 g/mol. The van der Waals surface area contributed by atoms with Crippen LogP contribution in [0.5, 0.6) is 0 Å². The zero-order valence-electron chi connectivity index (χ0n) is 10.9. The number of halogens is 3. The molecule has 2 N–H and O–H groups in total. The van der Waals surface area contributed by atoms with Gasteiger partial charge in [0.2, 0.25) is 0 Å². The third-order valence-electron chi connectivity index (χ3n) is 3.74. The molecule has 2 atom stereocenters. The standard InChI is InChI=1S/C12H19F3O4/c1-7(16)8(2)19-11(10(17)18)5-3-9(4-6-11)12(13,14)15/h7-9,16H,3-6H2,1-2H3,(H,17,18). The van der Waals surface area contributed by atoms with Crippen molar-refractivity contribution in [2.24, 2.45) is 5.92 Å². The van der Waals surface area contributed by atoms with Crippen LogP contribution in [0.2, 0.25) is 0 Å². The van der Waals surface area contributed by atoms with Crippen LogP contribution in [-0.2, 0) is 9.53 Å². The molecular weight excluding hydrogens is 265 g/mol. The summed E-state index contributed by atoms with van der Waals surface area (Å²) in [5.74, 6) is -2.73. The van der Waals surface area contributed by atoms with Crippen LogP contribution >= 0.6 is 0 Å². The summed E-state index contributed by atoms with van der Waals surface area (Å²) in [5, 5.41) is 18.6. The van der Waals surface area contributed by atoms with E-state index < -0.39 is 35.9 Å². The maximum atomic E-state index is 12.6. The molecule has 1 fully saturated rings. The minimum absolute atomic E-state index is 0.191. The fourth-order valence-corrected chi connectivity index (χ4v) is 2.25. The van der Waals surface area contributed by atoms with Crippen molar-refractivity contribution >= 4 is 5.97 Å². The van der Waals surface area contributed by atoms with Crippen LogP contribution in [0.15, 0.2) is 0 Å². The largest absolute Gasteiger partial charge is 0.479 e. The smallest absolute Gasteiger partial charge is 0.391 e. The van der Waals surface area contributed by atoms with Crippen molar-refractivity contribution in [2.75, 3.05) is 0 Å². The Morgan fingerprint density at radius 3 is 2.11 bits per heavy atom. The van der Waals surface area contributed by atoms with Gasteiger partial charge < -0.3 is 14.9 Å². The molecule has 7 heteroatoms. The van der Waals surface area contributed by atoms with E-state index in [2.05, 4.69) is 0 Å². The Morgan fingerprint density at radius 2 is 1.79 bits per heavy atom. The van der Waals surface area contributed by atoms with Crippen molar-refractivity contribution in [3.63, 3.8) is 0 Å². The van der Waals surface area contributed by atoms with Gasteiger partial charge in [-0.25, -0.2) is 4.79 Å². The average molecular weight is 284 g/mol. The second-order valence-electron chi connectivity index (χ2n) is 5.18. The Kier molecular flexibility index (Phi) is 4.84. The van der Waals surface area contributed by atoms with Crippen molar-refractivity contribution < 1.29 is 32.9 Å². The van der Waals surface area contributed by atoms with E-state index in [1.807, 2.05) is 0 Å². The van der Waals surface area contributed by atoms with E-state index >= 15 is 0 Å². The lowest BCUT2D eigenvalue weighted by Gasteiger charge is -2.39. The molecule has 0 bridgehead atoms. The van der Waals surface area contributed by atoms with Crippen LogP contribution in [0, 0.1) is 5.92 Å². The summed E-state index contributed by atoms with van der Waals surface area (Å²) in [6.45, 7) is 2.95. The van der Waals surface area contributed by atoms with Crippen molar-refractivity contribution in [1.29, 1.82) is 0 Å². The van der Waals surface area contributed by atoms with Crippen molar-refractivity contribution in [3.05, 3.63) is 0 Å². The molecular formula is C12H19F3O4. The van der Waals surface area contributed by atoms with Gasteiger partial charge in [-0.3, -0.25) is 0 Å². The lowest BCUT2D eigenvalue weighted by atomic mass is 9.78. The van der Waals surface area contributed by atoms with E-state index in [1.165, 1.54) is 13.8 Å². The van der Waals surface area contributed by atoms with E-state index in [0.29, 0.717) is 0 Å². The number of carboxylic acids is 1. The molecule has 4 nitrogen and oxygen atoms in total. The van der Waals surface area contributed by atoms with E-state index in [4.69, 9.17) is 4.74 Å². The lowest BCUT2D eigenvalue weighted by molar-refractivity contribution is -0.214. The van der Waals surface area contributed by atoms with Crippen molar-refractivity contribution in [3.8, 4) is 0 Å².